The van der Waals surface area contributed by atoms with Crippen LogP contribution in [0, 0.1) is 0 Å². The number of aromatic carboxylic acids is 1. The Labute approximate surface area is 127 Å². The molecule has 106 valence electrons. The number of nitrogens with zero attached hydrogens (tertiary/aromatic N) is 1. The molecule has 0 aliphatic carbocycles. The van der Waals surface area contributed by atoms with Crippen LogP contribution in [0.1, 0.15) is 15.9 Å². The van der Waals surface area contributed by atoms with Gasteiger partial charge < -0.3 is 10.4 Å². The van der Waals surface area contributed by atoms with Gasteiger partial charge in [0.25, 0.3) is 0 Å². The molecule has 0 aliphatic rings. The van der Waals surface area contributed by atoms with Gasteiger partial charge in [0.15, 0.2) is 5.11 Å². The smallest absolute Gasteiger partial charge is 0.336 e. The van der Waals surface area contributed by atoms with Crippen LogP contribution in [0.25, 0.3) is 0 Å². The molecule has 0 heterocycles. The molecular weight excluding hydrogens is 286 g/mol. The molecule has 0 spiro atoms. The molecule has 2 rings (SSSR count). The van der Waals surface area contributed by atoms with Crippen LogP contribution in [0.2, 0.25) is 0 Å². The highest BCUT2D eigenvalue weighted by atomic mass is 32.1. The molecule has 0 saturated carbocycles. The highest BCUT2D eigenvalue weighted by Gasteiger charge is 2.06. The maximum absolute atomic E-state index is 11.0. The number of nitrogens with one attached hydrogen (secondary N) is 2. The average molecular weight is 299 g/mol. The predicted molar refractivity (Wildman–Crippen MR) is 86.8 cm³/mol. The van der Waals surface area contributed by atoms with Crippen LogP contribution in [0.3, 0.4) is 0 Å². The van der Waals surface area contributed by atoms with Crippen molar-refractivity contribution in [2.45, 2.75) is 0 Å². The molecule has 5 nitrogen and oxygen atoms in total. The van der Waals surface area contributed by atoms with Gasteiger partial charge in [0, 0.05) is 11.3 Å². The summed E-state index contributed by atoms with van der Waals surface area (Å²) in [5.74, 6) is -0.998. The molecule has 2 aromatic carbocycles. The third kappa shape index (κ3) is 4.39. The van der Waals surface area contributed by atoms with Crippen LogP contribution in [0.4, 0.5) is 5.69 Å². The fourth-order valence-corrected chi connectivity index (χ4v) is 1.82. The van der Waals surface area contributed by atoms with Crippen molar-refractivity contribution in [2.75, 3.05) is 5.32 Å². The Balaban J connectivity index is 1.97. The quantitative estimate of drug-likeness (QED) is 0.460. The van der Waals surface area contributed by atoms with Crippen molar-refractivity contribution in [3.05, 3.63) is 65.7 Å². The number of carboxylic acids is 1. The molecule has 0 radical (unpaired) electrons. The van der Waals surface area contributed by atoms with Crippen LogP contribution in [0.5, 0.6) is 0 Å². The summed E-state index contributed by atoms with van der Waals surface area (Å²) in [6.07, 6.45) is 1.42. The van der Waals surface area contributed by atoms with E-state index in [0.717, 1.165) is 5.69 Å². The lowest BCUT2D eigenvalue weighted by Gasteiger charge is -2.06. The third-order valence-corrected chi connectivity index (χ3v) is 2.79. The molecule has 2 aromatic rings. The van der Waals surface area contributed by atoms with Gasteiger partial charge in [-0.15, -0.1) is 0 Å². The van der Waals surface area contributed by atoms with E-state index in [1.165, 1.54) is 12.3 Å². The maximum atomic E-state index is 11.0. The number of thiocarbonyl (C=S) groups is 1. The summed E-state index contributed by atoms with van der Waals surface area (Å²) in [7, 11) is 0. The fourth-order valence-electron chi connectivity index (χ4n) is 1.65. The lowest BCUT2D eigenvalue weighted by molar-refractivity contribution is 0.0697. The second kappa shape index (κ2) is 7.16. The molecule has 0 aromatic heterocycles. The maximum Gasteiger partial charge on any atom is 0.336 e. The SMILES string of the molecule is O=C(O)c1ccccc1/C=N/NC(=S)Nc1ccccc1. The Morgan fingerprint density at radius 3 is 2.48 bits per heavy atom. The molecule has 0 atom stereocenters. The van der Waals surface area contributed by atoms with E-state index < -0.39 is 5.97 Å². The summed E-state index contributed by atoms with van der Waals surface area (Å²) in [5.41, 5.74) is 4.17. The van der Waals surface area contributed by atoms with Gasteiger partial charge in [-0.25, -0.2) is 4.79 Å². The summed E-state index contributed by atoms with van der Waals surface area (Å²) < 4.78 is 0. The molecular formula is C15H13N3O2S. The largest absolute Gasteiger partial charge is 0.478 e. The highest BCUT2D eigenvalue weighted by molar-refractivity contribution is 7.80. The van der Waals surface area contributed by atoms with Crippen molar-refractivity contribution in [1.82, 2.24) is 5.43 Å². The van der Waals surface area contributed by atoms with E-state index >= 15 is 0 Å². The van der Waals surface area contributed by atoms with Gasteiger partial charge in [-0.05, 0) is 30.4 Å². The van der Waals surface area contributed by atoms with Crippen molar-refractivity contribution >= 4 is 35.2 Å². The summed E-state index contributed by atoms with van der Waals surface area (Å²) >= 11 is 5.08. The Morgan fingerprint density at radius 1 is 1.10 bits per heavy atom. The van der Waals surface area contributed by atoms with Crippen LogP contribution in [-0.4, -0.2) is 22.4 Å². The monoisotopic (exact) mass is 299 g/mol. The predicted octanol–water partition coefficient (Wildman–Crippen LogP) is 2.71. The second-order valence-corrected chi connectivity index (χ2v) is 4.49. The topological polar surface area (TPSA) is 73.7 Å². The number of carboxylic acid groups (broad SMARTS) is 1. The van der Waals surface area contributed by atoms with E-state index in [1.54, 1.807) is 18.2 Å². The minimum Gasteiger partial charge on any atom is -0.478 e. The zero-order chi connectivity index (χ0) is 15.1. The zero-order valence-corrected chi connectivity index (χ0v) is 11.8. The van der Waals surface area contributed by atoms with Crippen LogP contribution >= 0.6 is 12.2 Å². The van der Waals surface area contributed by atoms with Gasteiger partial charge >= 0.3 is 5.97 Å². The number of para-hydroxylation sites is 1. The molecule has 0 unspecified atom stereocenters. The lowest BCUT2D eigenvalue weighted by atomic mass is 10.1. The van der Waals surface area contributed by atoms with Gasteiger partial charge in [0.05, 0.1) is 11.8 Å². The number of rotatable bonds is 4. The second-order valence-electron chi connectivity index (χ2n) is 4.08. The molecule has 0 saturated heterocycles. The van der Waals surface area contributed by atoms with Gasteiger partial charge in [-0.3, -0.25) is 5.43 Å². The number of benzene rings is 2. The van der Waals surface area contributed by atoms with E-state index in [4.69, 9.17) is 17.3 Å². The normalized spacial score (nSPS) is 10.3. The minimum absolute atomic E-state index is 0.185. The van der Waals surface area contributed by atoms with E-state index in [1.807, 2.05) is 30.3 Å². The summed E-state index contributed by atoms with van der Waals surface area (Å²) in [6, 6.07) is 16.0. The highest BCUT2D eigenvalue weighted by Crippen LogP contribution is 2.06. The molecule has 6 heteroatoms. The van der Waals surface area contributed by atoms with Gasteiger partial charge in [0.1, 0.15) is 0 Å². The Morgan fingerprint density at radius 2 is 1.76 bits per heavy atom. The molecule has 0 amide bonds. The average Bonchev–Trinajstić information content (AvgIpc) is 2.48. The summed E-state index contributed by atoms with van der Waals surface area (Å²) in [5, 5.41) is 16.3. The van der Waals surface area contributed by atoms with E-state index in [2.05, 4.69) is 15.8 Å². The molecule has 21 heavy (non-hydrogen) atoms. The lowest BCUT2D eigenvalue weighted by Crippen LogP contribution is -2.23. The summed E-state index contributed by atoms with van der Waals surface area (Å²) in [4.78, 5) is 11.0. The molecule has 0 aliphatic heterocycles. The number of carbonyl (C=O) groups is 1. The van der Waals surface area contributed by atoms with E-state index in [0.29, 0.717) is 10.7 Å². The van der Waals surface area contributed by atoms with Crippen molar-refractivity contribution in [2.24, 2.45) is 5.10 Å². The van der Waals surface area contributed by atoms with Crippen LogP contribution in [0.15, 0.2) is 59.7 Å². The Kier molecular flexibility index (Phi) is 5.00. The molecule has 3 N–H and O–H groups in total. The number of anilines is 1. The van der Waals surface area contributed by atoms with Crippen molar-refractivity contribution in [3.63, 3.8) is 0 Å². The number of hydrogen-bond acceptors (Lipinski definition) is 3. The third-order valence-electron chi connectivity index (χ3n) is 2.59. The number of hydrogen-bond donors (Lipinski definition) is 3. The fraction of sp³-hybridized carbons (Fsp3) is 0. The van der Waals surface area contributed by atoms with Gasteiger partial charge in [-0.2, -0.15) is 5.10 Å². The van der Waals surface area contributed by atoms with Crippen molar-refractivity contribution in [1.29, 1.82) is 0 Å². The van der Waals surface area contributed by atoms with Gasteiger partial charge in [-0.1, -0.05) is 36.4 Å². The van der Waals surface area contributed by atoms with Crippen molar-refractivity contribution < 1.29 is 9.90 Å². The standard InChI is InChI=1S/C15H13N3O2S/c19-14(20)13-9-5-4-6-11(13)10-16-18-15(21)17-12-7-2-1-3-8-12/h1-10H,(H,19,20)(H2,17,18,21)/b16-10+. The first kappa shape index (κ1) is 14.7. The molecule has 0 fully saturated rings. The summed E-state index contributed by atoms with van der Waals surface area (Å²) in [6.45, 7) is 0. The Bertz CT molecular complexity index is 672. The first-order valence-corrected chi connectivity index (χ1v) is 6.55. The zero-order valence-electron chi connectivity index (χ0n) is 11.0. The number of hydrazone groups is 1. The van der Waals surface area contributed by atoms with Crippen LogP contribution < -0.4 is 10.7 Å². The minimum atomic E-state index is -0.998. The first-order valence-electron chi connectivity index (χ1n) is 6.14. The van der Waals surface area contributed by atoms with E-state index in [-0.39, 0.29) is 5.56 Å². The molecule has 0 bridgehead atoms. The first-order chi connectivity index (χ1) is 10.2. The van der Waals surface area contributed by atoms with E-state index in [9.17, 15) is 4.79 Å². The van der Waals surface area contributed by atoms with Crippen molar-refractivity contribution in [3.8, 4) is 0 Å². The Hall–Kier alpha value is -2.73. The van der Waals surface area contributed by atoms with Crippen LogP contribution in [-0.2, 0) is 0 Å². The van der Waals surface area contributed by atoms with Gasteiger partial charge in [0.2, 0.25) is 0 Å².